The summed E-state index contributed by atoms with van der Waals surface area (Å²) in [6.07, 6.45) is -0.763. The fourth-order valence-corrected chi connectivity index (χ4v) is 2.97. The molecule has 0 saturated heterocycles. The third kappa shape index (κ3) is 5.28. The summed E-state index contributed by atoms with van der Waals surface area (Å²) >= 11 is 0. The van der Waals surface area contributed by atoms with Gasteiger partial charge >= 0.3 is 12.2 Å². The van der Waals surface area contributed by atoms with E-state index in [4.69, 9.17) is 0 Å². The maximum Gasteiger partial charge on any atom is 0.416 e. The molecule has 0 fully saturated rings. The van der Waals surface area contributed by atoms with E-state index >= 15 is 0 Å². The van der Waals surface area contributed by atoms with Crippen molar-refractivity contribution in [3.8, 4) is 11.3 Å². The number of aromatic amines is 1. The molecule has 2 aromatic heterocycles. The van der Waals surface area contributed by atoms with Crippen molar-refractivity contribution in [2.75, 3.05) is 10.6 Å². The van der Waals surface area contributed by atoms with Gasteiger partial charge in [0.15, 0.2) is 6.20 Å². The average Bonchev–Trinajstić information content (AvgIpc) is 3.23. The molecule has 0 atom stereocenters. The molecule has 2 amide bonds. The number of benzene rings is 2. The quantitative estimate of drug-likeness (QED) is 0.481. The van der Waals surface area contributed by atoms with Crippen LogP contribution in [0.25, 0.3) is 11.3 Å². The molecule has 2 aromatic carbocycles. The molecule has 0 spiro atoms. The minimum Gasteiger partial charge on any atom is -0.308 e. The number of aromatic nitrogens is 4. The second-order valence-corrected chi connectivity index (χ2v) is 6.92. The Morgan fingerprint density at radius 3 is 2.19 bits per heavy atom. The van der Waals surface area contributed by atoms with Gasteiger partial charge in [-0.15, -0.1) is 5.10 Å². The van der Waals surface area contributed by atoms with Crippen molar-refractivity contribution in [2.45, 2.75) is 12.7 Å². The van der Waals surface area contributed by atoms with Gasteiger partial charge in [0.05, 0.1) is 11.8 Å². The van der Waals surface area contributed by atoms with Crippen LogP contribution in [0.4, 0.5) is 29.3 Å². The lowest BCUT2D eigenvalue weighted by Crippen LogP contribution is -2.19. The van der Waals surface area contributed by atoms with Crippen molar-refractivity contribution in [3.05, 3.63) is 90.4 Å². The van der Waals surface area contributed by atoms with Gasteiger partial charge in [-0.25, -0.2) is 14.5 Å². The average molecular weight is 439 g/mol. The highest BCUT2D eigenvalue weighted by Crippen LogP contribution is 2.29. The van der Waals surface area contributed by atoms with Gasteiger partial charge in [0.25, 0.3) is 0 Å². The van der Waals surface area contributed by atoms with E-state index in [1.165, 1.54) is 12.1 Å². The Morgan fingerprint density at radius 1 is 0.938 bits per heavy atom. The standard InChI is InChI=1S/C22H17F3N6O/c23-22(24,25)16-6-10-18(11-7-16)28-21(32)27-17-8-4-15(5-9-17)20-14-31(30-29-20)13-19-3-1-2-12-26-19/h1-12,14H,13H2,(H2,27,28,32)/p+1. The van der Waals surface area contributed by atoms with Crippen LogP contribution in [0.5, 0.6) is 0 Å². The lowest BCUT2D eigenvalue weighted by molar-refractivity contribution is -0.391. The second kappa shape index (κ2) is 8.88. The van der Waals surface area contributed by atoms with Crippen LogP contribution in [-0.4, -0.2) is 21.0 Å². The monoisotopic (exact) mass is 439 g/mol. The van der Waals surface area contributed by atoms with Crippen molar-refractivity contribution in [1.29, 1.82) is 0 Å². The third-order valence-electron chi connectivity index (χ3n) is 4.55. The lowest BCUT2D eigenvalue weighted by atomic mass is 10.1. The summed E-state index contributed by atoms with van der Waals surface area (Å²) in [6.45, 7) is 0.553. The predicted molar refractivity (Wildman–Crippen MR) is 112 cm³/mol. The molecule has 0 aliphatic carbocycles. The predicted octanol–water partition coefficient (Wildman–Crippen LogP) is 4.47. The van der Waals surface area contributed by atoms with Gasteiger partial charge in [0.1, 0.15) is 12.2 Å². The van der Waals surface area contributed by atoms with Crippen LogP contribution in [0.1, 0.15) is 11.3 Å². The van der Waals surface area contributed by atoms with Crippen LogP contribution in [0.2, 0.25) is 0 Å². The lowest BCUT2D eigenvalue weighted by Gasteiger charge is -2.10. The molecular formula is C22H18F3N6O+. The highest BCUT2D eigenvalue weighted by atomic mass is 19.4. The maximum atomic E-state index is 12.6. The summed E-state index contributed by atoms with van der Waals surface area (Å²) in [6, 6.07) is 16.4. The summed E-state index contributed by atoms with van der Waals surface area (Å²) in [4.78, 5) is 15.3. The number of pyridine rings is 1. The maximum absolute atomic E-state index is 12.6. The number of carbonyl (C=O) groups is 1. The zero-order chi connectivity index (χ0) is 22.6. The van der Waals surface area contributed by atoms with Crippen LogP contribution in [0.3, 0.4) is 0 Å². The minimum atomic E-state index is -4.42. The molecule has 162 valence electrons. The van der Waals surface area contributed by atoms with Crippen molar-refractivity contribution in [3.63, 3.8) is 0 Å². The van der Waals surface area contributed by atoms with Crippen molar-refractivity contribution in [2.24, 2.45) is 0 Å². The second-order valence-electron chi connectivity index (χ2n) is 6.92. The van der Waals surface area contributed by atoms with E-state index in [-0.39, 0.29) is 5.69 Å². The summed E-state index contributed by atoms with van der Waals surface area (Å²) < 4.78 is 39.6. The number of halogens is 3. The van der Waals surface area contributed by atoms with E-state index < -0.39 is 17.8 Å². The van der Waals surface area contributed by atoms with E-state index in [0.29, 0.717) is 17.9 Å². The number of anilines is 2. The first-order valence-corrected chi connectivity index (χ1v) is 9.58. The molecule has 0 bridgehead atoms. The van der Waals surface area contributed by atoms with Crippen LogP contribution in [-0.2, 0) is 12.7 Å². The SMILES string of the molecule is O=C(Nc1ccc(-c2cn(Cc3cccc[nH+]3)nn2)cc1)Nc1ccc(C(F)(F)F)cc1. The molecule has 0 saturated carbocycles. The molecule has 0 aliphatic rings. The fourth-order valence-electron chi connectivity index (χ4n) is 2.97. The number of urea groups is 1. The first-order valence-electron chi connectivity index (χ1n) is 9.58. The first kappa shape index (κ1) is 21.0. The number of amides is 2. The van der Waals surface area contributed by atoms with Crippen molar-refractivity contribution in [1.82, 2.24) is 15.0 Å². The Bertz CT molecular complexity index is 1190. The fraction of sp³-hybridized carbons (Fsp3) is 0.0909. The molecule has 0 unspecified atom stereocenters. The largest absolute Gasteiger partial charge is 0.416 e. The number of nitrogens with one attached hydrogen (secondary N) is 3. The smallest absolute Gasteiger partial charge is 0.308 e. The minimum absolute atomic E-state index is 0.249. The van der Waals surface area contributed by atoms with E-state index in [9.17, 15) is 18.0 Å². The van der Waals surface area contributed by atoms with Gasteiger partial charge in [-0.3, -0.25) is 0 Å². The Morgan fingerprint density at radius 2 is 1.59 bits per heavy atom. The first-order chi connectivity index (χ1) is 15.4. The molecule has 7 nitrogen and oxygen atoms in total. The number of nitrogens with zero attached hydrogens (tertiary/aromatic N) is 3. The Kier molecular flexibility index (Phi) is 5.84. The summed E-state index contributed by atoms with van der Waals surface area (Å²) in [5.41, 5.74) is 2.48. The number of alkyl halides is 3. The number of carbonyl (C=O) groups excluding carboxylic acids is 1. The molecular weight excluding hydrogens is 421 g/mol. The molecule has 2 heterocycles. The molecule has 32 heavy (non-hydrogen) atoms. The zero-order valence-corrected chi connectivity index (χ0v) is 16.6. The van der Waals surface area contributed by atoms with E-state index in [2.05, 4.69) is 25.9 Å². The molecule has 0 radical (unpaired) electrons. The highest BCUT2D eigenvalue weighted by molar-refractivity contribution is 5.99. The summed E-state index contributed by atoms with van der Waals surface area (Å²) in [5, 5.41) is 13.4. The molecule has 3 N–H and O–H groups in total. The number of rotatable bonds is 5. The van der Waals surface area contributed by atoms with Crippen LogP contribution in [0, 0.1) is 0 Å². The Hall–Kier alpha value is -4.21. The summed E-state index contributed by atoms with van der Waals surface area (Å²) in [5.74, 6) is 0. The Labute approximate surface area is 180 Å². The Balaban J connectivity index is 1.35. The van der Waals surface area contributed by atoms with Crippen LogP contribution >= 0.6 is 0 Å². The zero-order valence-electron chi connectivity index (χ0n) is 16.6. The highest BCUT2D eigenvalue weighted by Gasteiger charge is 2.29. The van der Waals surface area contributed by atoms with Gasteiger partial charge in [0.2, 0.25) is 5.69 Å². The van der Waals surface area contributed by atoms with Crippen LogP contribution in [0.15, 0.2) is 79.1 Å². The number of hydrogen-bond donors (Lipinski definition) is 2. The molecule has 0 aliphatic heterocycles. The summed E-state index contributed by atoms with van der Waals surface area (Å²) in [7, 11) is 0. The van der Waals surface area contributed by atoms with Gasteiger partial charge in [-0.1, -0.05) is 23.4 Å². The molecule has 10 heteroatoms. The van der Waals surface area contributed by atoms with E-state index in [0.717, 1.165) is 23.4 Å². The van der Waals surface area contributed by atoms with E-state index in [1.807, 2.05) is 30.6 Å². The van der Waals surface area contributed by atoms with Crippen LogP contribution < -0.4 is 15.6 Å². The van der Waals surface area contributed by atoms with Gasteiger partial charge < -0.3 is 10.6 Å². The number of H-pyrrole nitrogens is 1. The van der Waals surface area contributed by atoms with E-state index in [1.54, 1.807) is 28.9 Å². The molecule has 4 rings (SSSR count). The van der Waals surface area contributed by atoms with Gasteiger partial charge in [-0.05, 0) is 36.4 Å². The topological polar surface area (TPSA) is 86.0 Å². The third-order valence-corrected chi connectivity index (χ3v) is 4.55. The number of hydrogen-bond acceptors (Lipinski definition) is 3. The van der Waals surface area contributed by atoms with Gasteiger partial charge in [-0.2, -0.15) is 13.2 Å². The molecule has 4 aromatic rings. The van der Waals surface area contributed by atoms with Gasteiger partial charge in [0, 0.05) is 29.1 Å². The normalized spacial score (nSPS) is 11.2. The van der Waals surface area contributed by atoms with Crippen molar-refractivity contribution >= 4 is 17.4 Å². The van der Waals surface area contributed by atoms with Crippen molar-refractivity contribution < 1.29 is 22.9 Å².